The average Bonchev–Trinajstić information content (AvgIpc) is 2.69. The number of ether oxygens (including phenoxy) is 1. The number of carbonyl (C=O) groups excluding carboxylic acids is 1. The van der Waals surface area contributed by atoms with Crippen molar-refractivity contribution in [1.82, 2.24) is 5.32 Å². The summed E-state index contributed by atoms with van der Waals surface area (Å²) in [6, 6.07) is 1.51. The van der Waals surface area contributed by atoms with Crippen LogP contribution >= 0.6 is 0 Å². The maximum Gasteiger partial charge on any atom is 0.241 e. The number of carbonyl (C=O) groups is 1. The van der Waals surface area contributed by atoms with Crippen molar-refractivity contribution in [3.63, 3.8) is 0 Å². The van der Waals surface area contributed by atoms with Crippen LogP contribution in [0.4, 0.5) is 0 Å². The van der Waals surface area contributed by atoms with Gasteiger partial charge in [-0.25, -0.2) is 8.42 Å². The molecule has 0 aliphatic carbocycles. The van der Waals surface area contributed by atoms with Gasteiger partial charge in [-0.2, -0.15) is 5.26 Å². The van der Waals surface area contributed by atoms with E-state index in [0.717, 1.165) is 5.41 Å². The fourth-order valence-corrected chi connectivity index (χ4v) is 3.32. The molecule has 1 fully saturated rings. The summed E-state index contributed by atoms with van der Waals surface area (Å²) in [4.78, 5) is 12.1. The molecule has 0 aromatic carbocycles. The minimum atomic E-state index is -3.20. The lowest BCUT2D eigenvalue weighted by atomic mass is 9.80. The Labute approximate surface area is 106 Å². The third-order valence-electron chi connectivity index (χ3n) is 3.24. The Balaban J connectivity index is 2.04. The lowest BCUT2D eigenvalue weighted by Gasteiger charge is -2.30. The number of hydrogen-bond acceptors (Lipinski definition) is 5. The molecule has 0 aromatic rings. The molecule has 1 atom stereocenters. The van der Waals surface area contributed by atoms with E-state index in [1.54, 1.807) is 0 Å². The van der Waals surface area contributed by atoms with Gasteiger partial charge in [0.2, 0.25) is 5.91 Å². The second-order valence-corrected chi connectivity index (χ2v) is 6.48. The topological polar surface area (TPSA) is 96.3 Å². The zero-order valence-corrected chi connectivity index (χ0v) is 10.6. The van der Waals surface area contributed by atoms with Crippen LogP contribution in [0.2, 0.25) is 0 Å². The van der Waals surface area contributed by atoms with Crippen molar-refractivity contribution in [2.24, 2.45) is 5.41 Å². The summed E-state index contributed by atoms with van der Waals surface area (Å²) in [7, 11) is -3.20. The Kier molecular flexibility index (Phi) is 3.41. The summed E-state index contributed by atoms with van der Waals surface area (Å²) >= 11 is 0. The van der Waals surface area contributed by atoms with Gasteiger partial charge in [0.05, 0.1) is 17.9 Å². The minimum Gasteiger partial charge on any atom is -0.381 e. The molecule has 2 aliphatic rings. The van der Waals surface area contributed by atoms with Crippen molar-refractivity contribution >= 4 is 15.7 Å². The third kappa shape index (κ3) is 2.54. The monoisotopic (exact) mass is 270 g/mol. The van der Waals surface area contributed by atoms with Gasteiger partial charge in [0.15, 0.2) is 9.84 Å². The van der Waals surface area contributed by atoms with Crippen LogP contribution in [0.15, 0.2) is 11.5 Å². The normalized spacial score (nSPS) is 28.5. The molecule has 0 bridgehead atoms. The minimum absolute atomic E-state index is 0.128. The first-order valence-corrected chi connectivity index (χ1v) is 7.40. The van der Waals surface area contributed by atoms with E-state index >= 15 is 0 Å². The maximum atomic E-state index is 12.1. The number of nitrogens with zero attached hydrogens (tertiary/aromatic N) is 1. The van der Waals surface area contributed by atoms with E-state index in [9.17, 15) is 18.5 Å². The highest BCUT2D eigenvalue weighted by molar-refractivity contribution is 7.94. The highest BCUT2D eigenvalue weighted by Gasteiger charge is 2.41. The Morgan fingerprint density at radius 2 is 2.11 bits per heavy atom. The second-order valence-electron chi connectivity index (χ2n) is 4.54. The van der Waals surface area contributed by atoms with Gasteiger partial charge in [-0.1, -0.05) is 0 Å². The summed E-state index contributed by atoms with van der Waals surface area (Å²) in [6.45, 7) is 0.750. The first-order valence-electron chi connectivity index (χ1n) is 5.68. The molecule has 2 heterocycles. The predicted octanol–water partition coefficient (Wildman–Crippen LogP) is -0.266. The Hall–Kier alpha value is -1.39. The van der Waals surface area contributed by atoms with Crippen molar-refractivity contribution in [2.75, 3.05) is 19.0 Å². The molecule has 98 valence electrons. The van der Waals surface area contributed by atoms with Gasteiger partial charge in [0.1, 0.15) is 5.41 Å². The van der Waals surface area contributed by atoms with Crippen LogP contribution in [-0.4, -0.2) is 39.3 Å². The number of nitriles is 1. The van der Waals surface area contributed by atoms with E-state index < -0.39 is 27.2 Å². The maximum absolute atomic E-state index is 12.1. The zero-order chi connectivity index (χ0) is 13.2. The van der Waals surface area contributed by atoms with Crippen LogP contribution in [0.5, 0.6) is 0 Å². The molecular formula is C11H14N2O4S. The molecule has 1 amide bonds. The van der Waals surface area contributed by atoms with Crippen LogP contribution in [-0.2, 0) is 19.4 Å². The quantitative estimate of drug-likeness (QED) is 0.745. The van der Waals surface area contributed by atoms with Crippen LogP contribution in [0.1, 0.15) is 12.8 Å². The number of amides is 1. The summed E-state index contributed by atoms with van der Waals surface area (Å²) in [5.74, 6) is -0.531. The van der Waals surface area contributed by atoms with E-state index in [1.165, 1.54) is 6.08 Å². The first kappa shape index (κ1) is 13.1. The number of hydrogen-bond donors (Lipinski definition) is 1. The number of rotatable bonds is 2. The van der Waals surface area contributed by atoms with Gasteiger partial charge < -0.3 is 10.1 Å². The van der Waals surface area contributed by atoms with Crippen LogP contribution < -0.4 is 5.32 Å². The van der Waals surface area contributed by atoms with Gasteiger partial charge in [0, 0.05) is 18.6 Å². The molecule has 0 radical (unpaired) electrons. The molecule has 1 N–H and O–H groups in total. The van der Waals surface area contributed by atoms with Crippen molar-refractivity contribution in [2.45, 2.75) is 18.9 Å². The molecular weight excluding hydrogens is 256 g/mol. The number of nitrogens with one attached hydrogen (secondary N) is 1. The third-order valence-corrected chi connectivity index (χ3v) is 4.64. The smallest absolute Gasteiger partial charge is 0.241 e. The molecule has 1 saturated heterocycles. The molecule has 2 aliphatic heterocycles. The second kappa shape index (κ2) is 4.71. The lowest BCUT2D eigenvalue weighted by Crippen LogP contribution is -2.47. The van der Waals surface area contributed by atoms with Gasteiger partial charge in [-0.3, -0.25) is 4.79 Å². The molecule has 18 heavy (non-hydrogen) atoms. The van der Waals surface area contributed by atoms with E-state index in [2.05, 4.69) is 5.32 Å². The van der Waals surface area contributed by atoms with Gasteiger partial charge in [-0.05, 0) is 18.9 Å². The van der Waals surface area contributed by atoms with Gasteiger partial charge in [-0.15, -0.1) is 0 Å². The zero-order valence-electron chi connectivity index (χ0n) is 9.76. The molecule has 0 spiro atoms. The Morgan fingerprint density at radius 3 is 2.61 bits per heavy atom. The standard InChI is InChI=1S/C11H14N2O4S/c12-8-11(2-4-17-5-3-11)10(14)13-9-1-6-18(15,16)7-9/h1,6,9H,2-5,7H2,(H,13,14). The molecule has 0 saturated carbocycles. The largest absolute Gasteiger partial charge is 0.381 e. The molecule has 6 nitrogen and oxygen atoms in total. The van der Waals surface area contributed by atoms with Crippen molar-refractivity contribution in [1.29, 1.82) is 5.26 Å². The van der Waals surface area contributed by atoms with Gasteiger partial charge >= 0.3 is 0 Å². The number of sulfone groups is 1. The Morgan fingerprint density at radius 1 is 1.44 bits per heavy atom. The SMILES string of the molecule is N#CC1(C(=O)NC2C=CS(=O)(=O)C2)CCOCC1. The van der Waals surface area contributed by atoms with Gasteiger partial charge in [0.25, 0.3) is 0 Å². The lowest BCUT2D eigenvalue weighted by molar-refractivity contribution is -0.132. The first-order chi connectivity index (χ1) is 8.47. The summed E-state index contributed by atoms with van der Waals surface area (Å²) in [6.07, 6.45) is 2.13. The summed E-state index contributed by atoms with van der Waals surface area (Å²) < 4.78 is 27.6. The molecule has 7 heteroatoms. The summed E-state index contributed by atoms with van der Waals surface area (Å²) in [5.41, 5.74) is -1.08. The van der Waals surface area contributed by atoms with Crippen molar-refractivity contribution in [3.05, 3.63) is 11.5 Å². The summed E-state index contributed by atoms with van der Waals surface area (Å²) in [5, 5.41) is 12.9. The van der Waals surface area contributed by atoms with Crippen molar-refractivity contribution in [3.8, 4) is 6.07 Å². The molecule has 1 unspecified atom stereocenters. The van der Waals surface area contributed by atoms with E-state index in [1.807, 2.05) is 6.07 Å². The van der Waals surface area contributed by atoms with E-state index in [4.69, 9.17) is 4.74 Å². The fraction of sp³-hybridized carbons (Fsp3) is 0.636. The predicted molar refractivity (Wildman–Crippen MR) is 63.0 cm³/mol. The highest BCUT2D eigenvalue weighted by atomic mass is 32.2. The van der Waals surface area contributed by atoms with E-state index in [-0.39, 0.29) is 5.75 Å². The van der Waals surface area contributed by atoms with E-state index in [0.29, 0.717) is 26.1 Å². The van der Waals surface area contributed by atoms with Crippen molar-refractivity contribution < 1.29 is 17.9 Å². The van der Waals surface area contributed by atoms with Crippen LogP contribution in [0.3, 0.4) is 0 Å². The molecule has 0 aromatic heterocycles. The van der Waals surface area contributed by atoms with Crippen LogP contribution in [0.25, 0.3) is 0 Å². The molecule has 2 rings (SSSR count). The average molecular weight is 270 g/mol. The van der Waals surface area contributed by atoms with Crippen LogP contribution in [0, 0.1) is 16.7 Å². The Bertz CT molecular complexity index is 512. The fourth-order valence-electron chi connectivity index (χ4n) is 2.08. The highest BCUT2D eigenvalue weighted by Crippen LogP contribution is 2.30.